The normalized spacial score (nSPS) is 12.0. The Balaban J connectivity index is 1.94. The van der Waals surface area contributed by atoms with Gasteiger partial charge in [-0.3, -0.25) is 4.79 Å². The molecule has 0 spiro atoms. The molecule has 1 aromatic carbocycles. The van der Waals surface area contributed by atoms with Crippen LogP contribution in [0.25, 0.3) is 0 Å². The van der Waals surface area contributed by atoms with E-state index in [9.17, 15) is 4.79 Å². The highest BCUT2D eigenvalue weighted by Gasteiger charge is 2.07. The lowest BCUT2D eigenvalue weighted by Gasteiger charge is -2.14. The van der Waals surface area contributed by atoms with Crippen molar-refractivity contribution in [1.29, 1.82) is 0 Å². The van der Waals surface area contributed by atoms with Crippen molar-refractivity contribution in [1.82, 2.24) is 0 Å². The molecule has 0 aliphatic rings. The fraction of sp³-hybridized carbons (Fsp3) is 0.312. The van der Waals surface area contributed by atoms with Gasteiger partial charge >= 0.3 is 0 Å². The molecule has 1 unspecified atom stereocenters. The third kappa shape index (κ3) is 4.58. The highest BCUT2D eigenvalue weighted by Crippen LogP contribution is 2.26. The number of thiophene rings is 1. The van der Waals surface area contributed by atoms with Crippen LogP contribution in [-0.4, -0.2) is 19.6 Å². The lowest BCUT2D eigenvalue weighted by atomic mass is 10.2. The average Bonchev–Trinajstić information content (AvgIpc) is 2.88. The Morgan fingerprint density at radius 3 is 2.43 bits per heavy atom. The molecule has 1 aromatic heterocycles. The van der Waals surface area contributed by atoms with Gasteiger partial charge in [0.25, 0.3) is 0 Å². The first-order valence-electron chi connectivity index (χ1n) is 6.80. The van der Waals surface area contributed by atoms with Crippen LogP contribution < -0.4 is 10.6 Å². The van der Waals surface area contributed by atoms with Crippen molar-refractivity contribution in [2.75, 3.05) is 24.4 Å². The molecule has 112 valence electrons. The molecular weight excluding hydrogens is 284 g/mol. The molecule has 2 rings (SSSR count). The van der Waals surface area contributed by atoms with E-state index < -0.39 is 0 Å². The van der Waals surface area contributed by atoms with Gasteiger partial charge in [0.2, 0.25) is 5.91 Å². The summed E-state index contributed by atoms with van der Waals surface area (Å²) < 4.78 is 4.78. The van der Waals surface area contributed by atoms with Crippen molar-refractivity contribution in [2.45, 2.75) is 19.9 Å². The standard InChI is InChI=1S/C16H20N2O2S/c1-11-4-9-15(21-11)12(2)17-13-5-7-14(8-6-13)18-16(19)10-20-3/h4-9,12,17H,10H2,1-3H3,(H,18,19). The number of nitrogens with one attached hydrogen (secondary N) is 2. The maximum atomic E-state index is 11.4. The Hall–Kier alpha value is -1.85. The predicted octanol–water partition coefficient (Wildman–Crippen LogP) is 3.81. The van der Waals surface area contributed by atoms with Crippen molar-refractivity contribution in [3.05, 3.63) is 46.2 Å². The number of carbonyl (C=O) groups excluding carboxylic acids is 1. The second-order valence-corrected chi connectivity index (χ2v) is 6.19. The van der Waals surface area contributed by atoms with Gasteiger partial charge in [-0.25, -0.2) is 0 Å². The summed E-state index contributed by atoms with van der Waals surface area (Å²) >= 11 is 1.80. The van der Waals surface area contributed by atoms with Crippen LogP contribution in [0.3, 0.4) is 0 Å². The number of methoxy groups -OCH3 is 1. The Morgan fingerprint density at radius 2 is 1.86 bits per heavy atom. The van der Waals surface area contributed by atoms with Crippen LogP contribution in [-0.2, 0) is 9.53 Å². The fourth-order valence-electron chi connectivity index (χ4n) is 1.99. The molecule has 21 heavy (non-hydrogen) atoms. The first-order chi connectivity index (χ1) is 10.1. The van der Waals surface area contributed by atoms with Crippen LogP contribution in [0.15, 0.2) is 36.4 Å². The number of hydrogen-bond donors (Lipinski definition) is 2. The monoisotopic (exact) mass is 304 g/mol. The number of benzene rings is 1. The van der Waals surface area contributed by atoms with E-state index >= 15 is 0 Å². The zero-order chi connectivity index (χ0) is 15.2. The molecule has 0 aliphatic carbocycles. The van der Waals surface area contributed by atoms with Crippen molar-refractivity contribution in [2.24, 2.45) is 0 Å². The lowest BCUT2D eigenvalue weighted by Crippen LogP contribution is -2.17. The van der Waals surface area contributed by atoms with Crippen molar-refractivity contribution in [3.63, 3.8) is 0 Å². The minimum absolute atomic E-state index is 0.0643. The zero-order valence-corrected chi connectivity index (χ0v) is 13.3. The maximum absolute atomic E-state index is 11.4. The van der Waals surface area contributed by atoms with Crippen LogP contribution in [0.2, 0.25) is 0 Å². The topological polar surface area (TPSA) is 50.4 Å². The molecule has 0 saturated heterocycles. The Morgan fingerprint density at radius 1 is 1.19 bits per heavy atom. The number of amides is 1. The minimum Gasteiger partial charge on any atom is -0.378 e. The SMILES string of the molecule is COCC(=O)Nc1ccc(NC(C)c2ccc(C)s2)cc1. The van der Waals surface area contributed by atoms with Crippen LogP contribution >= 0.6 is 11.3 Å². The van der Waals surface area contributed by atoms with E-state index in [1.165, 1.54) is 16.9 Å². The summed E-state index contributed by atoms with van der Waals surface area (Å²) in [5.74, 6) is -0.152. The number of aryl methyl sites for hydroxylation is 1. The Bertz CT molecular complexity index is 593. The molecule has 1 amide bonds. The summed E-state index contributed by atoms with van der Waals surface area (Å²) in [4.78, 5) is 14.0. The summed E-state index contributed by atoms with van der Waals surface area (Å²) in [7, 11) is 1.50. The smallest absolute Gasteiger partial charge is 0.250 e. The van der Waals surface area contributed by atoms with Gasteiger partial charge in [-0.1, -0.05) is 0 Å². The Labute approximate surface area is 129 Å². The molecule has 1 heterocycles. The van der Waals surface area contributed by atoms with Gasteiger partial charge in [-0.2, -0.15) is 0 Å². The van der Waals surface area contributed by atoms with Crippen molar-refractivity contribution >= 4 is 28.6 Å². The molecule has 4 nitrogen and oxygen atoms in total. The van der Waals surface area contributed by atoms with Crippen LogP contribution in [0.4, 0.5) is 11.4 Å². The summed E-state index contributed by atoms with van der Waals surface area (Å²) in [5.41, 5.74) is 1.79. The average molecular weight is 304 g/mol. The third-order valence-electron chi connectivity index (χ3n) is 3.02. The first kappa shape index (κ1) is 15.5. The van der Waals surface area contributed by atoms with E-state index in [1.54, 1.807) is 11.3 Å². The summed E-state index contributed by atoms with van der Waals surface area (Å²) in [5, 5.41) is 6.22. The van der Waals surface area contributed by atoms with E-state index in [4.69, 9.17) is 4.74 Å². The molecule has 2 N–H and O–H groups in total. The van der Waals surface area contributed by atoms with Crippen molar-refractivity contribution in [3.8, 4) is 0 Å². The fourth-order valence-corrected chi connectivity index (χ4v) is 2.86. The van der Waals surface area contributed by atoms with Gasteiger partial charge in [0, 0.05) is 28.2 Å². The van der Waals surface area contributed by atoms with Gasteiger partial charge in [0.1, 0.15) is 6.61 Å². The minimum atomic E-state index is -0.152. The highest BCUT2D eigenvalue weighted by atomic mass is 32.1. The molecule has 0 bridgehead atoms. The number of rotatable bonds is 6. The van der Waals surface area contributed by atoms with E-state index in [0.29, 0.717) is 0 Å². The molecular formula is C16H20N2O2S. The zero-order valence-electron chi connectivity index (χ0n) is 12.5. The lowest BCUT2D eigenvalue weighted by molar-refractivity contribution is -0.119. The van der Waals surface area contributed by atoms with Gasteiger partial charge in [0.05, 0.1) is 6.04 Å². The molecule has 0 saturated carbocycles. The summed E-state index contributed by atoms with van der Waals surface area (Å²) in [6.45, 7) is 4.31. The van der Waals surface area contributed by atoms with Crippen LogP contribution in [0.1, 0.15) is 22.7 Å². The van der Waals surface area contributed by atoms with Gasteiger partial charge < -0.3 is 15.4 Å². The van der Waals surface area contributed by atoms with E-state index in [1.807, 2.05) is 24.3 Å². The number of carbonyl (C=O) groups is 1. The number of hydrogen-bond acceptors (Lipinski definition) is 4. The molecule has 0 aliphatic heterocycles. The first-order valence-corrected chi connectivity index (χ1v) is 7.62. The second kappa shape index (κ2) is 7.24. The molecule has 5 heteroatoms. The predicted molar refractivity (Wildman–Crippen MR) is 88.0 cm³/mol. The van der Waals surface area contributed by atoms with Crippen LogP contribution in [0.5, 0.6) is 0 Å². The third-order valence-corrected chi connectivity index (χ3v) is 4.20. The Kier molecular flexibility index (Phi) is 5.36. The van der Waals surface area contributed by atoms with E-state index in [2.05, 4.69) is 36.6 Å². The summed E-state index contributed by atoms with van der Waals surface area (Å²) in [6.07, 6.45) is 0. The highest BCUT2D eigenvalue weighted by molar-refractivity contribution is 7.12. The summed E-state index contributed by atoms with van der Waals surface area (Å²) in [6, 6.07) is 12.2. The number of anilines is 2. The number of ether oxygens (including phenoxy) is 1. The molecule has 1 atom stereocenters. The van der Waals surface area contributed by atoms with E-state index in [-0.39, 0.29) is 18.6 Å². The van der Waals surface area contributed by atoms with Gasteiger partial charge in [-0.05, 0) is 50.2 Å². The van der Waals surface area contributed by atoms with E-state index in [0.717, 1.165) is 11.4 Å². The molecule has 0 radical (unpaired) electrons. The van der Waals surface area contributed by atoms with Crippen LogP contribution in [0, 0.1) is 6.92 Å². The molecule has 0 fully saturated rings. The molecule has 2 aromatic rings. The van der Waals surface area contributed by atoms with Crippen molar-refractivity contribution < 1.29 is 9.53 Å². The van der Waals surface area contributed by atoms with Gasteiger partial charge in [-0.15, -0.1) is 11.3 Å². The quantitative estimate of drug-likeness (QED) is 0.853. The largest absolute Gasteiger partial charge is 0.378 e. The van der Waals surface area contributed by atoms with Gasteiger partial charge in [0.15, 0.2) is 0 Å². The second-order valence-electron chi connectivity index (χ2n) is 4.87. The maximum Gasteiger partial charge on any atom is 0.250 e.